The first kappa shape index (κ1) is 18.7. The first-order chi connectivity index (χ1) is 15.6. The average Bonchev–Trinajstić information content (AvgIpc) is 3.50. The van der Waals surface area contributed by atoms with Crippen LogP contribution in [0.4, 0.5) is 17.3 Å². The van der Waals surface area contributed by atoms with Gasteiger partial charge in [-0.1, -0.05) is 18.2 Å². The lowest BCUT2D eigenvalue weighted by atomic mass is 9.98. The van der Waals surface area contributed by atoms with Crippen molar-refractivity contribution in [2.24, 2.45) is 0 Å². The number of aromatic nitrogens is 3. The number of carbonyl (C=O) groups excluding carboxylic acids is 2. The van der Waals surface area contributed by atoms with Crippen molar-refractivity contribution in [1.82, 2.24) is 19.7 Å². The number of fused-ring (bicyclic) bond motifs is 3. The number of nitrogens with zero attached hydrogens (tertiary/aromatic N) is 4. The smallest absolute Gasteiger partial charge is 0.273 e. The Morgan fingerprint density at radius 2 is 1.94 bits per heavy atom. The van der Waals surface area contributed by atoms with Crippen LogP contribution in [0.15, 0.2) is 54.6 Å². The van der Waals surface area contributed by atoms with Crippen molar-refractivity contribution in [1.29, 1.82) is 0 Å². The molecule has 0 saturated carbocycles. The predicted octanol–water partition coefficient (Wildman–Crippen LogP) is 3.40. The number of carbonyl (C=O) groups is 2. The fraction of sp³-hybridized carbons (Fsp3) is 0.208. The molecule has 0 atom stereocenters. The number of benzene rings is 2. The number of nitrogens with one attached hydrogen (secondary N) is 2. The number of H-pyrrole nitrogens is 1. The summed E-state index contributed by atoms with van der Waals surface area (Å²) in [5.41, 5.74) is 4.32. The van der Waals surface area contributed by atoms with E-state index in [0.717, 1.165) is 59.6 Å². The summed E-state index contributed by atoms with van der Waals surface area (Å²) in [6.07, 6.45) is 0.852. The third-order valence-corrected chi connectivity index (χ3v) is 6.28. The lowest BCUT2D eigenvalue weighted by Crippen LogP contribution is -2.34. The van der Waals surface area contributed by atoms with Gasteiger partial charge in [-0.2, -0.15) is 5.10 Å². The van der Waals surface area contributed by atoms with Gasteiger partial charge in [0.2, 0.25) is 0 Å². The fourth-order valence-corrected chi connectivity index (χ4v) is 4.56. The van der Waals surface area contributed by atoms with Crippen molar-refractivity contribution >= 4 is 40.0 Å². The van der Waals surface area contributed by atoms with Crippen LogP contribution >= 0.6 is 0 Å². The van der Waals surface area contributed by atoms with Crippen LogP contribution in [0.25, 0.3) is 10.9 Å². The van der Waals surface area contributed by atoms with E-state index in [1.807, 2.05) is 60.3 Å². The Kier molecular flexibility index (Phi) is 4.07. The zero-order chi connectivity index (χ0) is 21.8. The van der Waals surface area contributed by atoms with Gasteiger partial charge in [0.1, 0.15) is 11.5 Å². The monoisotopic (exact) mass is 426 g/mol. The summed E-state index contributed by atoms with van der Waals surface area (Å²) in [4.78, 5) is 32.2. The molecule has 32 heavy (non-hydrogen) atoms. The minimum absolute atomic E-state index is 0.0752. The van der Waals surface area contributed by atoms with Gasteiger partial charge < -0.3 is 20.1 Å². The zero-order valence-corrected chi connectivity index (χ0v) is 17.6. The Labute approximate surface area is 184 Å². The number of para-hydroxylation sites is 1. The molecule has 0 aliphatic carbocycles. The quantitative estimate of drug-likeness (QED) is 0.526. The summed E-state index contributed by atoms with van der Waals surface area (Å²) in [7, 11) is 1.84. The van der Waals surface area contributed by atoms with E-state index in [-0.39, 0.29) is 11.8 Å². The van der Waals surface area contributed by atoms with Crippen LogP contribution in [0.1, 0.15) is 26.4 Å². The Hall–Kier alpha value is -4.07. The van der Waals surface area contributed by atoms with Crippen molar-refractivity contribution in [3.63, 3.8) is 0 Å². The van der Waals surface area contributed by atoms with E-state index in [0.29, 0.717) is 11.5 Å². The summed E-state index contributed by atoms with van der Waals surface area (Å²) in [5.74, 6) is 1.30. The molecule has 8 nitrogen and oxygen atoms in total. The van der Waals surface area contributed by atoms with Crippen LogP contribution < -0.4 is 10.2 Å². The van der Waals surface area contributed by atoms with Gasteiger partial charge >= 0.3 is 0 Å². The van der Waals surface area contributed by atoms with Gasteiger partial charge in [-0.05, 0) is 42.3 Å². The molecule has 2 aromatic carbocycles. The Morgan fingerprint density at radius 3 is 2.81 bits per heavy atom. The second-order valence-corrected chi connectivity index (χ2v) is 8.31. The number of amides is 2. The van der Waals surface area contributed by atoms with Crippen LogP contribution in [0.3, 0.4) is 0 Å². The Morgan fingerprint density at radius 1 is 1.06 bits per heavy atom. The maximum Gasteiger partial charge on any atom is 0.273 e. The largest absolute Gasteiger partial charge is 0.351 e. The maximum atomic E-state index is 12.7. The molecular weight excluding hydrogens is 404 g/mol. The molecule has 2 N–H and O–H groups in total. The van der Waals surface area contributed by atoms with Gasteiger partial charge in [0.15, 0.2) is 5.82 Å². The highest BCUT2D eigenvalue weighted by Gasteiger charge is 2.27. The number of hydrogen-bond donors (Lipinski definition) is 2. The lowest BCUT2D eigenvalue weighted by Gasteiger charge is -2.26. The van der Waals surface area contributed by atoms with Gasteiger partial charge in [0, 0.05) is 48.4 Å². The van der Waals surface area contributed by atoms with E-state index in [4.69, 9.17) is 0 Å². The molecule has 0 fully saturated rings. The van der Waals surface area contributed by atoms with Crippen molar-refractivity contribution in [2.45, 2.75) is 13.0 Å². The van der Waals surface area contributed by atoms with E-state index >= 15 is 0 Å². The topological polar surface area (TPSA) is 86.3 Å². The highest BCUT2D eigenvalue weighted by atomic mass is 16.2. The van der Waals surface area contributed by atoms with Crippen molar-refractivity contribution in [3.8, 4) is 0 Å². The lowest BCUT2D eigenvalue weighted by molar-refractivity contribution is 0.0780. The SMILES string of the molecule is CN1CCc2cc(N3CCn4nc(NC(=O)c5cc6ccccc6[nH]5)cc43)ccc2C1=O. The number of aromatic amines is 1. The second-order valence-electron chi connectivity index (χ2n) is 8.31. The van der Waals surface area contributed by atoms with Gasteiger partial charge in [-0.15, -0.1) is 0 Å². The van der Waals surface area contributed by atoms with Crippen LogP contribution in [0.2, 0.25) is 0 Å². The van der Waals surface area contributed by atoms with Crippen LogP contribution in [0, 0.1) is 0 Å². The van der Waals surface area contributed by atoms with Gasteiger partial charge in [0.05, 0.1) is 6.54 Å². The summed E-state index contributed by atoms with van der Waals surface area (Å²) in [5, 5.41) is 8.46. The van der Waals surface area contributed by atoms with Crippen molar-refractivity contribution in [3.05, 3.63) is 71.4 Å². The molecule has 2 amide bonds. The predicted molar refractivity (Wildman–Crippen MR) is 123 cm³/mol. The molecular formula is C24H22N6O2. The second kappa shape index (κ2) is 6.98. The summed E-state index contributed by atoms with van der Waals surface area (Å²) < 4.78 is 1.90. The third-order valence-electron chi connectivity index (χ3n) is 6.28. The van der Waals surface area contributed by atoms with E-state index in [1.165, 1.54) is 0 Å². The molecule has 2 aliphatic heterocycles. The first-order valence-electron chi connectivity index (χ1n) is 10.7. The van der Waals surface area contributed by atoms with Gasteiger partial charge in [-0.3, -0.25) is 9.59 Å². The van der Waals surface area contributed by atoms with E-state index in [9.17, 15) is 9.59 Å². The normalized spacial score (nSPS) is 15.2. The van der Waals surface area contributed by atoms with E-state index < -0.39 is 0 Å². The van der Waals surface area contributed by atoms with E-state index in [1.54, 1.807) is 4.90 Å². The minimum Gasteiger partial charge on any atom is -0.351 e. The minimum atomic E-state index is -0.221. The molecule has 6 rings (SSSR count). The number of likely N-dealkylation sites (N-methyl/N-ethyl adjacent to an activating group) is 1. The molecule has 0 bridgehead atoms. The van der Waals surface area contributed by atoms with Gasteiger partial charge in [-0.25, -0.2) is 4.68 Å². The summed E-state index contributed by atoms with van der Waals surface area (Å²) in [6.45, 7) is 2.26. The number of hydrogen-bond acceptors (Lipinski definition) is 4. The zero-order valence-electron chi connectivity index (χ0n) is 17.6. The summed E-state index contributed by atoms with van der Waals surface area (Å²) >= 11 is 0. The fourth-order valence-electron chi connectivity index (χ4n) is 4.56. The third kappa shape index (κ3) is 2.95. The molecule has 4 aromatic rings. The highest BCUT2D eigenvalue weighted by Crippen LogP contribution is 2.34. The standard InChI is InChI=1S/C24H22N6O2/c1-28-9-8-15-12-17(6-7-18(15)24(28)32)29-10-11-30-22(29)14-21(27-30)26-23(31)20-13-16-4-2-3-5-19(16)25-20/h2-7,12-14,25H,8-11H2,1H3,(H,26,27,31). The molecule has 0 unspecified atom stereocenters. The molecule has 2 aromatic heterocycles. The van der Waals surface area contributed by atoms with Crippen LogP contribution in [-0.2, 0) is 13.0 Å². The van der Waals surface area contributed by atoms with Crippen molar-refractivity contribution < 1.29 is 9.59 Å². The molecule has 8 heteroatoms. The molecule has 0 radical (unpaired) electrons. The Balaban J connectivity index is 1.25. The molecule has 0 saturated heterocycles. The average molecular weight is 426 g/mol. The molecule has 4 heterocycles. The first-order valence-corrected chi connectivity index (χ1v) is 10.7. The van der Waals surface area contributed by atoms with Crippen molar-refractivity contribution in [2.75, 3.05) is 30.4 Å². The van der Waals surface area contributed by atoms with E-state index in [2.05, 4.69) is 26.4 Å². The highest BCUT2D eigenvalue weighted by molar-refractivity contribution is 6.05. The number of anilines is 3. The van der Waals surface area contributed by atoms with Gasteiger partial charge in [0.25, 0.3) is 11.8 Å². The van der Waals surface area contributed by atoms with Crippen LogP contribution in [-0.4, -0.2) is 51.6 Å². The maximum absolute atomic E-state index is 12.7. The summed E-state index contributed by atoms with van der Waals surface area (Å²) in [6, 6.07) is 17.5. The van der Waals surface area contributed by atoms with Crippen LogP contribution in [0.5, 0.6) is 0 Å². The number of rotatable bonds is 3. The molecule has 2 aliphatic rings. The Bertz CT molecular complexity index is 1350. The molecule has 0 spiro atoms. The molecule has 160 valence electrons.